The second-order valence-corrected chi connectivity index (χ2v) is 9.35. The Hall–Kier alpha value is -2.55. The third-order valence-electron chi connectivity index (χ3n) is 4.03. The van der Waals surface area contributed by atoms with Crippen molar-refractivity contribution in [2.75, 3.05) is 13.2 Å². The summed E-state index contributed by atoms with van der Waals surface area (Å²) >= 11 is 0. The number of sulfonamides is 1. The van der Waals surface area contributed by atoms with Crippen LogP contribution in [0.5, 0.6) is 0 Å². The number of rotatable bonds is 8. The molecule has 0 fully saturated rings. The van der Waals surface area contributed by atoms with Gasteiger partial charge in [0.05, 0.1) is 11.5 Å². The van der Waals surface area contributed by atoms with Gasteiger partial charge in [0.2, 0.25) is 10.0 Å². The molecule has 0 aliphatic carbocycles. The van der Waals surface area contributed by atoms with Gasteiger partial charge in [-0.25, -0.2) is 17.9 Å². The van der Waals surface area contributed by atoms with E-state index >= 15 is 0 Å². The Morgan fingerprint density at radius 1 is 1.13 bits per heavy atom. The Morgan fingerprint density at radius 3 is 2.30 bits per heavy atom. The van der Waals surface area contributed by atoms with Gasteiger partial charge in [-0.2, -0.15) is 0 Å². The van der Waals surface area contributed by atoms with Gasteiger partial charge in [0.15, 0.2) is 0 Å². The van der Waals surface area contributed by atoms with Crippen molar-refractivity contribution in [1.82, 2.24) is 9.71 Å². The molecule has 2 aromatic rings. The van der Waals surface area contributed by atoms with Gasteiger partial charge < -0.3 is 9.84 Å². The lowest BCUT2D eigenvalue weighted by Crippen LogP contribution is -2.40. The van der Waals surface area contributed by atoms with E-state index < -0.39 is 21.5 Å². The fourth-order valence-corrected chi connectivity index (χ4v) is 4.37. The van der Waals surface area contributed by atoms with E-state index in [1.54, 1.807) is 64.4 Å². The molecular weight excluding hydrogens is 404 g/mol. The van der Waals surface area contributed by atoms with Crippen molar-refractivity contribution in [2.45, 2.75) is 44.6 Å². The number of nitrogens with one attached hydrogen (secondary N) is 1. The second-order valence-electron chi connectivity index (χ2n) is 7.67. The lowest BCUT2D eigenvalue weighted by Gasteiger charge is -2.20. The van der Waals surface area contributed by atoms with Gasteiger partial charge >= 0.3 is 5.97 Å². The fourth-order valence-electron chi connectivity index (χ4n) is 2.95. The highest BCUT2D eigenvalue weighted by Gasteiger charge is 2.23. The van der Waals surface area contributed by atoms with Crippen LogP contribution in [0.3, 0.4) is 0 Å². The van der Waals surface area contributed by atoms with Gasteiger partial charge in [-0.05, 0) is 51.5 Å². The number of ether oxygens (including phenoxy) is 1. The number of carbonyl (C=O) groups is 1. The summed E-state index contributed by atoms with van der Waals surface area (Å²) in [5.74, 6) is -0.531. The summed E-state index contributed by atoms with van der Waals surface area (Å²) in [7, 11) is -3.69. The first-order chi connectivity index (χ1) is 14.1. The van der Waals surface area contributed by atoms with Crippen LogP contribution in [0.25, 0.3) is 5.57 Å². The van der Waals surface area contributed by atoms with Gasteiger partial charge in [-0.15, -0.1) is 0 Å². The Labute approximate surface area is 177 Å². The summed E-state index contributed by atoms with van der Waals surface area (Å²) in [4.78, 5) is 16.8. The molecule has 0 aliphatic heterocycles. The maximum absolute atomic E-state index is 12.6. The molecule has 0 aliphatic rings. The molecule has 8 heteroatoms. The minimum absolute atomic E-state index is 0.0920. The number of hydrogen-bond donors (Lipinski definition) is 2. The summed E-state index contributed by atoms with van der Waals surface area (Å²) in [6, 6.07) is 9.78. The minimum atomic E-state index is -3.69. The van der Waals surface area contributed by atoms with E-state index in [4.69, 9.17) is 4.74 Å². The summed E-state index contributed by atoms with van der Waals surface area (Å²) in [5.41, 5.74) is 1.52. The van der Waals surface area contributed by atoms with E-state index in [9.17, 15) is 18.3 Å². The van der Waals surface area contributed by atoms with Crippen molar-refractivity contribution in [1.29, 1.82) is 0 Å². The number of hydrogen-bond acceptors (Lipinski definition) is 6. The molecule has 0 amide bonds. The first kappa shape index (κ1) is 23.7. The zero-order valence-corrected chi connectivity index (χ0v) is 18.5. The molecule has 2 N–H and O–H groups in total. The van der Waals surface area contributed by atoms with Gasteiger partial charge in [-0.1, -0.05) is 18.2 Å². The van der Waals surface area contributed by atoms with Crippen molar-refractivity contribution in [2.24, 2.45) is 0 Å². The maximum Gasteiger partial charge on any atom is 0.334 e. The number of nitrogens with zero attached hydrogens (tertiary/aromatic N) is 1. The van der Waals surface area contributed by atoms with Crippen LogP contribution in [0.15, 0.2) is 59.3 Å². The molecule has 1 aromatic heterocycles. The largest absolute Gasteiger partial charge is 0.463 e. The van der Waals surface area contributed by atoms with Crippen LogP contribution in [0, 0.1) is 0 Å². The maximum atomic E-state index is 12.6. The Morgan fingerprint density at radius 2 is 1.80 bits per heavy atom. The fraction of sp³-hybridized carbons (Fsp3) is 0.364. The average Bonchev–Trinajstić information content (AvgIpc) is 2.67. The third-order valence-corrected chi connectivity index (χ3v) is 5.80. The molecule has 0 atom stereocenters. The van der Waals surface area contributed by atoms with E-state index in [2.05, 4.69) is 9.71 Å². The molecule has 1 aromatic carbocycles. The number of aliphatic hydroxyl groups is 1. The van der Waals surface area contributed by atoms with E-state index in [0.717, 1.165) is 0 Å². The quantitative estimate of drug-likeness (QED) is 0.491. The molecule has 0 saturated carbocycles. The number of benzene rings is 1. The molecule has 1 heterocycles. The SMILES string of the molecule is CCOC(=O)C(CCO)=C(c1ccc(S(=O)(=O)NC(C)(C)C)cc1)c1cccnc1. The van der Waals surface area contributed by atoms with Crippen LogP contribution in [-0.4, -0.2) is 43.2 Å². The number of aromatic nitrogens is 1. The van der Waals surface area contributed by atoms with Crippen LogP contribution in [0.4, 0.5) is 0 Å². The van der Waals surface area contributed by atoms with Crippen molar-refractivity contribution >= 4 is 21.6 Å². The molecule has 0 radical (unpaired) electrons. The smallest absolute Gasteiger partial charge is 0.334 e. The van der Waals surface area contributed by atoms with E-state index in [1.165, 1.54) is 12.1 Å². The van der Waals surface area contributed by atoms with Crippen LogP contribution in [0.1, 0.15) is 45.2 Å². The minimum Gasteiger partial charge on any atom is -0.463 e. The van der Waals surface area contributed by atoms with Crippen LogP contribution < -0.4 is 4.72 Å². The topological polar surface area (TPSA) is 106 Å². The molecule has 162 valence electrons. The third kappa shape index (κ3) is 6.22. The van der Waals surface area contributed by atoms with Crippen molar-refractivity contribution in [3.8, 4) is 0 Å². The van der Waals surface area contributed by atoms with Crippen molar-refractivity contribution in [3.05, 3.63) is 65.5 Å². The first-order valence-electron chi connectivity index (χ1n) is 9.65. The van der Waals surface area contributed by atoms with Crippen LogP contribution in [-0.2, 0) is 19.6 Å². The lowest BCUT2D eigenvalue weighted by atomic mass is 9.92. The molecule has 0 bridgehead atoms. The van der Waals surface area contributed by atoms with E-state index in [0.29, 0.717) is 22.3 Å². The molecule has 7 nitrogen and oxygen atoms in total. The van der Waals surface area contributed by atoms with Gasteiger partial charge in [0.25, 0.3) is 0 Å². The summed E-state index contributed by atoms with van der Waals surface area (Å²) in [5, 5.41) is 9.51. The molecule has 30 heavy (non-hydrogen) atoms. The van der Waals surface area contributed by atoms with Crippen LogP contribution >= 0.6 is 0 Å². The highest BCUT2D eigenvalue weighted by atomic mass is 32.2. The number of aliphatic hydroxyl groups excluding tert-OH is 1. The zero-order valence-electron chi connectivity index (χ0n) is 17.7. The monoisotopic (exact) mass is 432 g/mol. The molecule has 2 rings (SSSR count). The normalized spacial score (nSPS) is 13.0. The zero-order chi connectivity index (χ0) is 22.4. The highest BCUT2D eigenvalue weighted by molar-refractivity contribution is 7.89. The summed E-state index contributed by atoms with van der Waals surface area (Å²) in [6.45, 7) is 6.97. The molecular formula is C22H28N2O5S. The van der Waals surface area contributed by atoms with Crippen molar-refractivity contribution < 1.29 is 23.1 Å². The number of esters is 1. The summed E-state index contributed by atoms with van der Waals surface area (Å²) < 4.78 is 33.0. The highest BCUT2D eigenvalue weighted by Crippen LogP contribution is 2.30. The second kappa shape index (κ2) is 9.97. The standard InChI is InChI=1S/C22H28N2O5S/c1-5-29-21(26)19(12-14-25)20(17-7-6-13-23-15-17)16-8-10-18(11-9-16)30(27,28)24-22(2,3)4/h6-11,13,15,24-25H,5,12,14H2,1-4H3. The van der Waals surface area contributed by atoms with Crippen LogP contribution in [0.2, 0.25) is 0 Å². The first-order valence-corrected chi connectivity index (χ1v) is 11.1. The van der Waals surface area contributed by atoms with Gasteiger partial charge in [0, 0.05) is 47.7 Å². The average molecular weight is 433 g/mol. The molecule has 0 spiro atoms. The summed E-state index contributed by atoms with van der Waals surface area (Å²) in [6.07, 6.45) is 3.32. The van der Waals surface area contributed by atoms with Gasteiger partial charge in [-0.3, -0.25) is 4.98 Å². The Bertz CT molecular complexity index is 992. The Balaban J connectivity index is 2.60. The number of carbonyl (C=O) groups excluding carboxylic acids is 1. The van der Waals surface area contributed by atoms with Crippen molar-refractivity contribution in [3.63, 3.8) is 0 Å². The lowest BCUT2D eigenvalue weighted by molar-refractivity contribution is -0.138. The molecule has 0 saturated heterocycles. The Kier molecular flexibility index (Phi) is 7.89. The number of pyridine rings is 1. The van der Waals surface area contributed by atoms with E-state index in [1.807, 2.05) is 0 Å². The van der Waals surface area contributed by atoms with Gasteiger partial charge in [0.1, 0.15) is 0 Å². The predicted octanol–water partition coefficient (Wildman–Crippen LogP) is 2.91. The molecule has 0 unspecified atom stereocenters. The predicted molar refractivity (Wildman–Crippen MR) is 115 cm³/mol. The van der Waals surface area contributed by atoms with E-state index in [-0.39, 0.29) is 24.5 Å².